The Kier molecular flexibility index (Phi) is 3.60. The molecule has 1 nitrogen and oxygen atoms in total. The van der Waals surface area contributed by atoms with E-state index in [2.05, 4.69) is 0 Å². The van der Waals surface area contributed by atoms with E-state index in [9.17, 15) is 8.78 Å². The number of benzene rings is 1. The normalized spacial score (nSPS) is 11.6. The molecule has 0 aliphatic rings. The molecule has 0 aliphatic carbocycles. The van der Waals surface area contributed by atoms with Gasteiger partial charge >= 0.3 is 0 Å². The van der Waals surface area contributed by atoms with Gasteiger partial charge in [-0.15, -0.1) is 0 Å². The molecule has 0 saturated heterocycles. The summed E-state index contributed by atoms with van der Waals surface area (Å²) in [6.07, 6.45) is 1.82. The molecule has 0 fully saturated rings. The van der Waals surface area contributed by atoms with Gasteiger partial charge in [-0.25, -0.2) is 8.78 Å². The molecule has 0 bridgehead atoms. The molecule has 0 N–H and O–H groups in total. The Hall–Kier alpha value is -0.770. The largest absolute Gasteiger partial charge is 0.497 e. The average molecular weight is 232 g/mol. The third-order valence-corrected chi connectivity index (χ3v) is 3.59. The maximum Gasteiger partial charge on any atom is 0.134 e. The van der Waals surface area contributed by atoms with Crippen molar-refractivity contribution in [2.75, 3.05) is 13.4 Å². The Bertz CT molecular complexity index is 341. The highest BCUT2D eigenvalue weighted by molar-refractivity contribution is 7.99. The highest BCUT2D eigenvalue weighted by Crippen LogP contribution is 2.38. The van der Waals surface area contributed by atoms with Crippen LogP contribution < -0.4 is 4.74 Å². The first-order valence-corrected chi connectivity index (χ1v) is 5.73. The van der Waals surface area contributed by atoms with Crippen LogP contribution >= 0.6 is 11.8 Å². The van der Waals surface area contributed by atoms with Crippen LogP contribution in [-0.4, -0.2) is 13.4 Å². The van der Waals surface area contributed by atoms with E-state index in [0.717, 1.165) is 0 Å². The predicted octanol–water partition coefficient (Wildman–Crippen LogP) is 3.57. The minimum Gasteiger partial charge on any atom is -0.497 e. The van der Waals surface area contributed by atoms with Crippen LogP contribution in [0.5, 0.6) is 5.75 Å². The Labute approximate surface area is 92.8 Å². The van der Waals surface area contributed by atoms with Crippen molar-refractivity contribution < 1.29 is 13.5 Å². The van der Waals surface area contributed by atoms with E-state index in [-0.39, 0.29) is 11.3 Å². The topological polar surface area (TPSA) is 9.23 Å². The first kappa shape index (κ1) is 12.3. The standard InChI is InChI=1S/C11H14F2OS/c1-11(2,15-4)10-8(12)5-7(14-3)6-9(10)13/h5-6H,1-4H3. The summed E-state index contributed by atoms with van der Waals surface area (Å²) in [6, 6.07) is 2.41. The van der Waals surface area contributed by atoms with Gasteiger partial charge in [-0.3, -0.25) is 0 Å². The average Bonchev–Trinajstić information content (AvgIpc) is 2.16. The van der Waals surface area contributed by atoms with E-state index >= 15 is 0 Å². The lowest BCUT2D eigenvalue weighted by Crippen LogP contribution is -2.16. The summed E-state index contributed by atoms with van der Waals surface area (Å²) in [4.78, 5) is 0. The minimum absolute atomic E-state index is 0.0933. The van der Waals surface area contributed by atoms with Crippen molar-refractivity contribution in [3.8, 4) is 5.75 Å². The fraction of sp³-hybridized carbons (Fsp3) is 0.455. The molecule has 1 rings (SSSR count). The Morgan fingerprint density at radius 3 is 2.00 bits per heavy atom. The molecule has 0 radical (unpaired) electrons. The van der Waals surface area contributed by atoms with Crippen molar-refractivity contribution >= 4 is 11.8 Å². The van der Waals surface area contributed by atoms with Gasteiger partial charge in [-0.05, 0) is 20.1 Å². The third-order valence-electron chi connectivity index (χ3n) is 2.36. The third kappa shape index (κ3) is 2.43. The Morgan fingerprint density at radius 2 is 1.67 bits per heavy atom. The van der Waals surface area contributed by atoms with Gasteiger partial charge in [0.05, 0.1) is 7.11 Å². The fourth-order valence-corrected chi connectivity index (χ4v) is 1.74. The van der Waals surface area contributed by atoms with Gasteiger partial charge in [-0.2, -0.15) is 11.8 Å². The van der Waals surface area contributed by atoms with E-state index in [1.807, 2.05) is 6.26 Å². The molecule has 1 aromatic rings. The van der Waals surface area contributed by atoms with Crippen LogP contribution in [0.2, 0.25) is 0 Å². The minimum atomic E-state index is -0.583. The number of thioether (sulfide) groups is 1. The van der Waals surface area contributed by atoms with Gasteiger partial charge in [0, 0.05) is 22.4 Å². The molecule has 15 heavy (non-hydrogen) atoms. The number of methoxy groups -OCH3 is 1. The zero-order chi connectivity index (χ0) is 11.6. The molecule has 0 saturated carbocycles. The molecule has 84 valence electrons. The van der Waals surface area contributed by atoms with Gasteiger partial charge in [0.1, 0.15) is 17.4 Å². The maximum atomic E-state index is 13.6. The summed E-state index contributed by atoms with van der Waals surface area (Å²) >= 11 is 1.40. The zero-order valence-corrected chi connectivity index (χ0v) is 10.0. The zero-order valence-electron chi connectivity index (χ0n) is 9.23. The maximum absolute atomic E-state index is 13.6. The number of halogens is 2. The lowest BCUT2D eigenvalue weighted by molar-refractivity contribution is 0.403. The van der Waals surface area contributed by atoms with Crippen molar-refractivity contribution in [3.05, 3.63) is 29.3 Å². The molecule has 0 atom stereocenters. The molecular formula is C11H14F2OS. The Balaban J connectivity index is 3.31. The van der Waals surface area contributed by atoms with E-state index in [1.165, 1.54) is 31.0 Å². The summed E-state index contributed by atoms with van der Waals surface area (Å²) in [6.45, 7) is 3.57. The van der Waals surface area contributed by atoms with Crippen LogP contribution in [0.25, 0.3) is 0 Å². The van der Waals surface area contributed by atoms with Gasteiger partial charge in [-0.1, -0.05) is 0 Å². The van der Waals surface area contributed by atoms with Crippen molar-refractivity contribution in [2.45, 2.75) is 18.6 Å². The number of ether oxygens (including phenoxy) is 1. The molecule has 0 aromatic heterocycles. The van der Waals surface area contributed by atoms with Crippen LogP contribution in [0, 0.1) is 11.6 Å². The van der Waals surface area contributed by atoms with Crippen LogP contribution in [-0.2, 0) is 4.75 Å². The van der Waals surface area contributed by atoms with E-state index < -0.39 is 16.4 Å². The van der Waals surface area contributed by atoms with Gasteiger partial charge in [0.15, 0.2) is 0 Å². The highest BCUT2D eigenvalue weighted by atomic mass is 32.2. The highest BCUT2D eigenvalue weighted by Gasteiger charge is 2.27. The molecule has 0 heterocycles. The molecule has 0 unspecified atom stereocenters. The van der Waals surface area contributed by atoms with Gasteiger partial charge in [0.25, 0.3) is 0 Å². The first-order valence-electron chi connectivity index (χ1n) is 4.51. The lowest BCUT2D eigenvalue weighted by Gasteiger charge is -2.24. The van der Waals surface area contributed by atoms with Crippen LogP contribution in [0.15, 0.2) is 12.1 Å². The monoisotopic (exact) mass is 232 g/mol. The molecule has 0 spiro atoms. The van der Waals surface area contributed by atoms with Crippen LogP contribution in [0.1, 0.15) is 19.4 Å². The smallest absolute Gasteiger partial charge is 0.134 e. The number of hydrogen-bond acceptors (Lipinski definition) is 2. The predicted molar refractivity (Wildman–Crippen MR) is 59.5 cm³/mol. The SMILES string of the molecule is COc1cc(F)c(C(C)(C)SC)c(F)c1. The number of hydrogen-bond donors (Lipinski definition) is 0. The second-order valence-electron chi connectivity index (χ2n) is 3.68. The van der Waals surface area contributed by atoms with E-state index in [0.29, 0.717) is 0 Å². The molecule has 0 amide bonds. The number of rotatable bonds is 3. The second kappa shape index (κ2) is 4.39. The van der Waals surface area contributed by atoms with Gasteiger partial charge < -0.3 is 4.74 Å². The van der Waals surface area contributed by atoms with Crippen molar-refractivity contribution in [1.29, 1.82) is 0 Å². The van der Waals surface area contributed by atoms with Crippen molar-refractivity contribution in [1.82, 2.24) is 0 Å². The van der Waals surface area contributed by atoms with Gasteiger partial charge in [0.2, 0.25) is 0 Å². The van der Waals surface area contributed by atoms with Crippen molar-refractivity contribution in [2.24, 2.45) is 0 Å². The quantitative estimate of drug-likeness (QED) is 0.788. The Morgan fingerprint density at radius 1 is 1.20 bits per heavy atom. The second-order valence-corrected chi connectivity index (χ2v) is 5.11. The first-order chi connectivity index (χ1) is 6.92. The van der Waals surface area contributed by atoms with Crippen molar-refractivity contribution in [3.63, 3.8) is 0 Å². The summed E-state index contributed by atoms with van der Waals surface area (Å²) in [5, 5.41) is 0. The van der Waals surface area contributed by atoms with E-state index in [1.54, 1.807) is 13.8 Å². The summed E-state index contributed by atoms with van der Waals surface area (Å²) in [5.74, 6) is -0.928. The molecule has 1 aromatic carbocycles. The molecule has 4 heteroatoms. The molecule has 0 aliphatic heterocycles. The lowest BCUT2D eigenvalue weighted by atomic mass is 10.0. The summed E-state index contributed by atoms with van der Waals surface area (Å²) < 4.78 is 31.5. The summed E-state index contributed by atoms with van der Waals surface area (Å²) in [5.41, 5.74) is 0.0933. The molecular weight excluding hydrogens is 218 g/mol. The summed E-state index contributed by atoms with van der Waals surface area (Å²) in [7, 11) is 1.38. The fourth-order valence-electron chi connectivity index (χ4n) is 1.34. The van der Waals surface area contributed by atoms with Crippen LogP contribution in [0.3, 0.4) is 0 Å². The van der Waals surface area contributed by atoms with Crippen LogP contribution in [0.4, 0.5) is 8.78 Å². The van der Waals surface area contributed by atoms with E-state index in [4.69, 9.17) is 4.74 Å².